The molecule has 2 aliphatic heterocycles. The van der Waals surface area contributed by atoms with Crippen LogP contribution in [-0.4, -0.2) is 79.0 Å². The zero-order valence-electron chi connectivity index (χ0n) is 19.4. The van der Waals surface area contributed by atoms with Crippen LogP contribution >= 0.6 is 11.3 Å². The Bertz CT molecular complexity index is 1170. The lowest BCUT2D eigenvalue weighted by Gasteiger charge is -2.33. The summed E-state index contributed by atoms with van der Waals surface area (Å²) >= 11 is 1.66. The number of thiophene rings is 1. The number of hydrogen-bond donors (Lipinski definition) is 0. The van der Waals surface area contributed by atoms with Crippen molar-refractivity contribution in [1.29, 1.82) is 0 Å². The maximum absolute atomic E-state index is 12.7. The number of carbonyl (C=O) groups is 2. The van der Waals surface area contributed by atoms with E-state index in [4.69, 9.17) is 4.74 Å². The van der Waals surface area contributed by atoms with Crippen molar-refractivity contribution in [3.63, 3.8) is 0 Å². The quantitative estimate of drug-likeness (QED) is 0.581. The molecule has 0 unspecified atom stereocenters. The van der Waals surface area contributed by atoms with E-state index in [1.165, 1.54) is 15.3 Å². The van der Waals surface area contributed by atoms with Crippen molar-refractivity contribution < 1.29 is 22.7 Å². The molecule has 2 aliphatic rings. The van der Waals surface area contributed by atoms with Crippen molar-refractivity contribution in [3.8, 4) is 0 Å². The number of aromatic nitrogens is 2. The van der Waals surface area contributed by atoms with Gasteiger partial charge in [0.05, 0.1) is 22.8 Å². The molecule has 0 N–H and O–H groups in total. The Balaban J connectivity index is 1.34. The summed E-state index contributed by atoms with van der Waals surface area (Å²) in [5.41, 5.74) is 1.19. The van der Waals surface area contributed by atoms with Gasteiger partial charge in [-0.15, -0.1) is 11.3 Å². The third-order valence-electron chi connectivity index (χ3n) is 6.82. The fourth-order valence-electron chi connectivity index (χ4n) is 4.60. The molecule has 11 heteroatoms. The molecule has 2 aromatic rings. The van der Waals surface area contributed by atoms with Crippen LogP contribution in [0.2, 0.25) is 0 Å². The zero-order valence-corrected chi connectivity index (χ0v) is 21.0. The van der Waals surface area contributed by atoms with Gasteiger partial charge in [0.25, 0.3) is 5.91 Å². The van der Waals surface area contributed by atoms with Crippen LogP contribution in [0.1, 0.15) is 36.6 Å². The summed E-state index contributed by atoms with van der Waals surface area (Å²) in [4.78, 5) is 40.2. The topological polar surface area (TPSA) is 110 Å². The van der Waals surface area contributed by atoms with Crippen molar-refractivity contribution in [2.75, 3.05) is 36.5 Å². The van der Waals surface area contributed by atoms with Crippen molar-refractivity contribution in [1.82, 2.24) is 14.9 Å². The molecule has 4 heterocycles. The number of carbonyl (C=O) groups excluding carboxylic acids is 2. The smallest absolute Gasteiger partial charge is 0.309 e. The molecule has 33 heavy (non-hydrogen) atoms. The Labute approximate surface area is 198 Å². The van der Waals surface area contributed by atoms with E-state index in [9.17, 15) is 18.0 Å². The second-order valence-corrected chi connectivity index (χ2v) is 12.4. The van der Waals surface area contributed by atoms with Crippen LogP contribution in [0.4, 0.5) is 5.82 Å². The maximum Gasteiger partial charge on any atom is 0.309 e. The predicted octanol–water partition coefficient (Wildman–Crippen LogP) is 2.10. The number of ether oxygens (including phenoxy) is 1. The number of likely N-dealkylation sites (N-methyl/N-ethyl adjacent to an activating group) is 1. The van der Waals surface area contributed by atoms with Gasteiger partial charge in [0.15, 0.2) is 15.9 Å². The lowest BCUT2D eigenvalue weighted by molar-refractivity contribution is -0.163. The van der Waals surface area contributed by atoms with E-state index in [1.54, 1.807) is 31.6 Å². The number of piperidine rings is 1. The molecule has 0 saturated carbocycles. The van der Waals surface area contributed by atoms with E-state index in [0.717, 1.165) is 16.0 Å². The average molecular weight is 495 g/mol. The van der Waals surface area contributed by atoms with Gasteiger partial charge < -0.3 is 14.5 Å². The fourth-order valence-corrected chi connectivity index (χ4v) is 7.36. The summed E-state index contributed by atoms with van der Waals surface area (Å²) in [5.74, 6) is -0.0616. The number of hydrogen-bond acceptors (Lipinski definition) is 9. The Morgan fingerprint density at radius 2 is 1.91 bits per heavy atom. The van der Waals surface area contributed by atoms with E-state index in [0.29, 0.717) is 32.4 Å². The number of sulfone groups is 1. The average Bonchev–Trinajstić information content (AvgIpc) is 3.30. The Hall–Kier alpha value is -2.27. The second kappa shape index (κ2) is 9.17. The van der Waals surface area contributed by atoms with E-state index in [2.05, 4.69) is 28.7 Å². The highest BCUT2D eigenvalue weighted by Gasteiger charge is 2.36. The minimum atomic E-state index is -3.10. The third-order valence-corrected chi connectivity index (χ3v) is 9.68. The molecule has 2 saturated heterocycles. The molecule has 0 bridgehead atoms. The maximum atomic E-state index is 12.7. The van der Waals surface area contributed by atoms with Gasteiger partial charge in [-0.05, 0) is 45.6 Å². The molecule has 1 amide bonds. The molecule has 2 atom stereocenters. The first-order chi connectivity index (χ1) is 15.6. The summed E-state index contributed by atoms with van der Waals surface area (Å²) in [7, 11) is -1.52. The lowest BCUT2D eigenvalue weighted by Crippen LogP contribution is -2.45. The number of aryl methyl sites for hydroxylation is 2. The normalized spacial score (nSPS) is 21.8. The van der Waals surface area contributed by atoms with E-state index in [1.807, 2.05) is 0 Å². The molecule has 9 nitrogen and oxygen atoms in total. The highest BCUT2D eigenvalue weighted by atomic mass is 32.2. The summed E-state index contributed by atoms with van der Waals surface area (Å²) in [6.45, 7) is 7.06. The molecule has 0 spiro atoms. The summed E-state index contributed by atoms with van der Waals surface area (Å²) in [6.07, 6.45) is 2.30. The minimum absolute atomic E-state index is 0.0339. The zero-order chi connectivity index (χ0) is 23.9. The van der Waals surface area contributed by atoms with Crippen LogP contribution in [0.3, 0.4) is 0 Å². The molecule has 180 valence electrons. The molecule has 0 radical (unpaired) electrons. The van der Waals surface area contributed by atoms with Crippen LogP contribution in [0, 0.1) is 19.8 Å². The SMILES string of the molecule is Cc1sc2ncnc(N3CCC(C(=O)O[C@H](C)C(=O)N(C)[C@@H]4CCS(=O)(=O)C4)CC3)c2c1C. The second-order valence-electron chi connectivity index (χ2n) is 9.01. The van der Waals surface area contributed by atoms with Gasteiger partial charge in [0.1, 0.15) is 17.0 Å². The van der Waals surface area contributed by atoms with Crippen LogP contribution in [0.25, 0.3) is 10.2 Å². The molecule has 0 aliphatic carbocycles. The summed E-state index contributed by atoms with van der Waals surface area (Å²) in [6, 6.07) is -0.360. The molecular weight excluding hydrogens is 464 g/mol. The number of anilines is 1. The van der Waals surface area contributed by atoms with Gasteiger partial charge in [-0.3, -0.25) is 9.59 Å². The number of rotatable bonds is 5. The van der Waals surface area contributed by atoms with Crippen LogP contribution in [0.15, 0.2) is 6.33 Å². The molecule has 0 aromatic carbocycles. The van der Waals surface area contributed by atoms with Gasteiger partial charge in [-0.2, -0.15) is 0 Å². The Morgan fingerprint density at radius 3 is 2.55 bits per heavy atom. The van der Waals surface area contributed by atoms with Gasteiger partial charge in [0, 0.05) is 31.1 Å². The lowest BCUT2D eigenvalue weighted by atomic mass is 9.96. The monoisotopic (exact) mass is 494 g/mol. The minimum Gasteiger partial charge on any atom is -0.452 e. The number of fused-ring (bicyclic) bond motifs is 1. The van der Waals surface area contributed by atoms with Crippen LogP contribution < -0.4 is 4.90 Å². The molecule has 2 aromatic heterocycles. The third kappa shape index (κ3) is 4.84. The molecule has 4 rings (SSSR count). The number of nitrogens with zero attached hydrogens (tertiary/aromatic N) is 4. The van der Waals surface area contributed by atoms with Crippen molar-refractivity contribution >= 4 is 49.1 Å². The highest BCUT2D eigenvalue weighted by molar-refractivity contribution is 7.91. The van der Waals surface area contributed by atoms with Crippen LogP contribution in [-0.2, 0) is 24.2 Å². The molecule has 2 fully saturated rings. The first-order valence-electron chi connectivity index (χ1n) is 11.2. The fraction of sp³-hybridized carbons (Fsp3) is 0.636. The van der Waals surface area contributed by atoms with E-state index >= 15 is 0 Å². The first-order valence-corrected chi connectivity index (χ1v) is 13.8. The van der Waals surface area contributed by atoms with Crippen molar-refractivity contribution in [2.24, 2.45) is 5.92 Å². The highest BCUT2D eigenvalue weighted by Crippen LogP contribution is 2.35. The van der Waals surface area contributed by atoms with Crippen molar-refractivity contribution in [2.45, 2.75) is 52.2 Å². The van der Waals surface area contributed by atoms with Gasteiger partial charge in [0.2, 0.25) is 0 Å². The van der Waals surface area contributed by atoms with Gasteiger partial charge in [-0.25, -0.2) is 18.4 Å². The van der Waals surface area contributed by atoms with Crippen LogP contribution in [0.5, 0.6) is 0 Å². The summed E-state index contributed by atoms with van der Waals surface area (Å²) < 4.78 is 28.9. The van der Waals surface area contributed by atoms with Gasteiger partial charge in [-0.1, -0.05) is 0 Å². The van der Waals surface area contributed by atoms with Crippen molar-refractivity contribution in [3.05, 3.63) is 16.8 Å². The predicted molar refractivity (Wildman–Crippen MR) is 127 cm³/mol. The first kappa shape index (κ1) is 23.9. The standard InChI is InChI=1S/C22H30N4O5S2/c1-13-15(3)32-20-18(13)19(23-12-24-20)26-8-5-16(6-9-26)22(28)31-14(2)21(27)25(4)17-7-10-33(29,30)11-17/h12,14,16-17H,5-11H2,1-4H3/t14-,17-/m1/s1. The Morgan fingerprint density at radius 1 is 1.21 bits per heavy atom. The number of amides is 1. The summed E-state index contributed by atoms with van der Waals surface area (Å²) in [5, 5.41) is 1.08. The van der Waals surface area contributed by atoms with E-state index in [-0.39, 0.29) is 35.3 Å². The van der Waals surface area contributed by atoms with Gasteiger partial charge >= 0.3 is 5.97 Å². The largest absolute Gasteiger partial charge is 0.452 e. The Kier molecular flexibility index (Phi) is 6.63. The van der Waals surface area contributed by atoms with E-state index < -0.39 is 15.9 Å². The number of esters is 1. The molecular formula is C22H30N4O5S2.